The van der Waals surface area contributed by atoms with E-state index in [4.69, 9.17) is 4.74 Å². The second kappa shape index (κ2) is 1.72. The number of methoxy groups -OCH3 is 1. The summed E-state index contributed by atoms with van der Waals surface area (Å²) in [6, 6.07) is 0. The van der Waals surface area contributed by atoms with Gasteiger partial charge >= 0.3 is 5.97 Å². The molecule has 1 unspecified atom stereocenters. The molecule has 0 aromatic carbocycles. The highest BCUT2D eigenvalue weighted by atomic mass is 16.5. The standard InChI is InChI=1S/C7H11NO2/c1-10-6(9)7-3-2-4-8(7)5-7/h2-5H2,1H3/t7-,8?/m1/s1. The first kappa shape index (κ1) is 6.16. The fourth-order valence-corrected chi connectivity index (χ4v) is 1.86. The molecule has 2 saturated heterocycles. The first-order valence-corrected chi connectivity index (χ1v) is 3.63. The van der Waals surface area contributed by atoms with Crippen molar-refractivity contribution in [1.29, 1.82) is 0 Å². The largest absolute Gasteiger partial charge is 0.468 e. The predicted molar refractivity (Wildman–Crippen MR) is 35.6 cm³/mol. The average molecular weight is 141 g/mol. The van der Waals surface area contributed by atoms with Gasteiger partial charge in [0.1, 0.15) is 5.54 Å². The lowest BCUT2D eigenvalue weighted by Gasteiger charge is -2.05. The Balaban J connectivity index is 2.11. The highest BCUT2D eigenvalue weighted by molar-refractivity contribution is 5.85. The monoisotopic (exact) mass is 141 g/mol. The van der Waals surface area contributed by atoms with E-state index in [0.717, 1.165) is 25.9 Å². The van der Waals surface area contributed by atoms with Crippen molar-refractivity contribution in [3.63, 3.8) is 0 Å². The number of hydrogen-bond acceptors (Lipinski definition) is 3. The van der Waals surface area contributed by atoms with Gasteiger partial charge in [0, 0.05) is 6.54 Å². The third kappa shape index (κ3) is 0.560. The minimum atomic E-state index is -0.158. The maximum absolute atomic E-state index is 11.1. The van der Waals surface area contributed by atoms with E-state index in [-0.39, 0.29) is 11.5 Å². The molecule has 10 heavy (non-hydrogen) atoms. The summed E-state index contributed by atoms with van der Waals surface area (Å²) < 4.78 is 4.70. The number of nitrogens with zero attached hydrogens (tertiary/aromatic N) is 1. The third-order valence-corrected chi connectivity index (χ3v) is 2.54. The summed E-state index contributed by atoms with van der Waals surface area (Å²) in [4.78, 5) is 13.3. The Kier molecular flexibility index (Phi) is 1.06. The van der Waals surface area contributed by atoms with Crippen LogP contribution >= 0.6 is 0 Å². The van der Waals surface area contributed by atoms with Crippen molar-refractivity contribution >= 4 is 5.97 Å². The molecule has 3 heteroatoms. The van der Waals surface area contributed by atoms with Gasteiger partial charge in [-0.15, -0.1) is 0 Å². The van der Waals surface area contributed by atoms with Gasteiger partial charge in [0.15, 0.2) is 0 Å². The maximum Gasteiger partial charge on any atom is 0.327 e. The van der Waals surface area contributed by atoms with Gasteiger partial charge < -0.3 is 4.74 Å². The molecule has 0 N–H and O–H groups in total. The van der Waals surface area contributed by atoms with Crippen LogP contribution in [0.5, 0.6) is 0 Å². The number of hydrogen-bond donors (Lipinski definition) is 0. The van der Waals surface area contributed by atoms with Crippen LogP contribution in [0, 0.1) is 0 Å². The molecule has 2 rings (SSSR count). The first-order chi connectivity index (χ1) is 4.79. The number of carbonyl (C=O) groups is 1. The van der Waals surface area contributed by atoms with E-state index < -0.39 is 0 Å². The Labute approximate surface area is 60.0 Å². The molecule has 0 aromatic heterocycles. The average Bonchev–Trinajstić information content (AvgIpc) is 2.54. The summed E-state index contributed by atoms with van der Waals surface area (Å²) in [5, 5.41) is 0. The second-order valence-corrected chi connectivity index (χ2v) is 3.05. The van der Waals surface area contributed by atoms with Crippen LogP contribution in [0.3, 0.4) is 0 Å². The summed E-state index contributed by atoms with van der Waals surface area (Å²) in [5.41, 5.74) is -0.158. The smallest absolute Gasteiger partial charge is 0.327 e. The van der Waals surface area contributed by atoms with Crippen LogP contribution < -0.4 is 0 Å². The molecule has 56 valence electrons. The molecule has 0 saturated carbocycles. The summed E-state index contributed by atoms with van der Waals surface area (Å²) in [6.07, 6.45) is 2.15. The quantitative estimate of drug-likeness (QED) is 0.380. The van der Waals surface area contributed by atoms with Gasteiger partial charge in [0.2, 0.25) is 0 Å². The summed E-state index contributed by atoms with van der Waals surface area (Å²) >= 11 is 0. The number of fused-ring (bicyclic) bond motifs is 1. The zero-order valence-corrected chi connectivity index (χ0v) is 6.09. The molecule has 0 aromatic rings. The van der Waals surface area contributed by atoms with Gasteiger partial charge in [0.25, 0.3) is 0 Å². The van der Waals surface area contributed by atoms with Crippen LogP contribution in [0.15, 0.2) is 0 Å². The molecule has 0 bridgehead atoms. The van der Waals surface area contributed by atoms with Crippen LogP contribution in [-0.2, 0) is 9.53 Å². The first-order valence-electron chi connectivity index (χ1n) is 3.63. The number of piperidine rings is 1. The van der Waals surface area contributed by atoms with E-state index in [2.05, 4.69) is 4.90 Å². The molecule has 3 nitrogen and oxygen atoms in total. The van der Waals surface area contributed by atoms with Crippen molar-refractivity contribution in [2.45, 2.75) is 18.4 Å². The molecule has 0 radical (unpaired) electrons. The van der Waals surface area contributed by atoms with Crippen molar-refractivity contribution in [3.8, 4) is 0 Å². The fraction of sp³-hybridized carbons (Fsp3) is 0.857. The van der Waals surface area contributed by atoms with Gasteiger partial charge in [0.05, 0.1) is 7.11 Å². The minimum absolute atomic E-state index is 0.0370. The molecule has 0 amide bonds. The molecule has 2 fully saturated rings. The Hall–Kier alpha value is -0.570. The van der Waals surface area contributed by atoms with E-state index in [1.807, 2.05) is 0 Å². The van der Waals surface area contributed by atoms with Crippen LogP contribution in [0.25, 0.3) is 0 Å². The maximum atomic E-state index is 11.1. The van der Waals surface area contributed by atoms with Crippen LogP contribution in [0.2, 0.25) is 0 Å². The highest BCUT2D eigenvalue weighted by Crippen LogP contribution is 2.43. The molecular formula is C7H11NO2. The predicted octanol–water partition coefficient (Wildman–Crippen LogP) is 0.00760. The number of carbonyl (C=O) groups excluding carboxylic acids is 1. The second-order valence-electron chi connectivity index (χ2n) is 3.05. The van der Waals surface area contributed by atoms with Crippen LogP contribution in [0.4, 0.5) is 0 Å². The number of esters is 1. The van der Waals surface area contributed by atoms with Crippen molar-refractivity contribution in [2.24, 2.45) is 0 Å². The van der Waals surface area contributed by atoms with Crippen molar-refractivity contribution in [1.82, 2.24) is 4.90 Å². The highest BCUT2D eigenvalue weighted by Gasteiger charge is 2.61. The Morgan fingerprint density at radius 2 is 2.50 bits per heavy atom. The molecule has 0 spiro atoms. The summed E-state index contributed by atoms with van der Waals surface area (Å²) in [5.74, 6) is -0.0370. The summed E-state index contributed by atoms with van der Waals surface area (Å²) in [6.45, 7) is 2.01. The van der Waals surface area contributed by atoms with Crippen LogP contribution in [0.1, 0.15) is 12.8 Å². The normalized spacial score (nSPS) is 42.7. The minimum Gasteiger partial charge on any atom is -0.468 e. The topological polar surface area (TPSA) is 29.3 Å². The summed E-state index contributed by atoms with van der Waals surface area (Å²) in [7, 11) is 1.46. The molecule has 2 aliphatic heterocycles. The molecular weight excluding hydrogens is 130 g/mol. The van der Waals surface area contributed by atoms with Gasteiger partial charge in [-0.25, -0.2) is 4.79 Å². The SMILES string of the molecule is COC(=O)[C@]12CCCN1C2. The van der Waals surface area contributed by atoms with Gasteiger partial charge in [-0.2, -0.15) is 0 Å². The van der Waals surface area contributed by atoms with E-state index in [9.17, 15) is 4.79 Å². The molecule has 2 aliphatic rings. The van der Waals surface area contributed by atoms with Crippen molar-refractivity contribution < 1.29 is 9.53 Å². The lowest BCUT2D eigenvalue weighted by Crippen LogP contribution is -2.26. The number of rotatable bonds is 1. The van der Waals surface area contributed by atoms with E-state index in [1.54, 1.807) is 0 Å². The number of ether oxygens (including phenoxy) is 1. The zero-order valence-electron chi connectivity index (χ0n) is 6.09. The third-order valence-electron chi connectivity index (χ3n) is 2.54. The molecule has 2 heterocycles. The Morgan fingerprint density at radius 3 is 2.90 bits per heavy atom. The van der Waals surface area contributed by atoms with Gasteiger partial charge in [-0.3, -0.25) is 4.90 Å². The van der Waals surface area contributed by atoms with E-state index in [1.165, 1.54) is 7.11 Å². The molecule has 0 aliphatic carbocycles. The van der Waals surface area contributed by atoms with Crippen molar-refractivity contribution in [2.75, 3.05) is 20.2 Å². The van der Waals surface area contributed by atoms with Crippen LogP contribution in [-0.4, -0.2) is 36.6 Å². The lowest BCUT2D eigenvalue weighted by atomic mass is 10.1. The zero-order chi connectivity index (χ0) is 7.19. The Bertz CT molecular complexity index is 180. The van der Waals surface area contributed by atoms with Crippen molar-refractivity contribution in [3.05, 3.63) is 0 Å². The van der Waals surface area contributed by atoms with E-state index in [0.29, 0.717) is 0 Å². The Morgan fingerprint density at radius 1 is 1.70 bits per heavy atom. The fourth-order valence-electron chi connectivity index (χ4n) is 1.86. The van der Waals surface area contributed by atoms with Gasteiger partial charge in [-0.05, 0) is 19.4 Å². The van der Waals surface area contributed by atoms with E-state index >= 15 is 0 Å². The van der Waals surface area contributed by atoms with Gasteiger partial charge in [-0.1, -0.05) is 0 Å². The lowest BCUT2D eigenvalue weighted by molar-refractivity contribution is -0.144. The molecule has 2 atom stereocenters.